The summed E-state index contributed by atoms with van der Waals surface area (Å²) < 4.78 is 0. The van der Waals surface area contributed by atoms with Crippen molar-refractivity contribution in [3.8, 4) is 11.3 Å². The standard InChI is InChI=1S/C15H12N2O/c1-10-13(11-6-3-2-4-7-11)17-15-12(14(10)18)8-5-9-16-15/h2-9H,1H3,(H,16,17,18). The van der Waals surface area contributed by atoms with E-state index in [-0.39, 0.29) is 5.43 Å². The second-order valence-electron chi connectivity index (χ2n) is 4.22. The van der Waals surface area contributed by atoms with Gasteiger partial charge in [0.15, 0.2) is 5.43 Å². The fourth-order valence-corrected chi connectivity index (χ4v) is 2.11. The number of fused-ring (bicyclic) bond motifs is 1. The monoisotopic (exact) mass is 236 g/mol. The van der Waals surface area contributed by atoms with E-state index in [9.17, 15) is 4.79 Å². The third-order valence-corrected chi connectivity index (χ3v) is 3.07. The van der Waals surface area contributed by atoms with Crippen molar-refractivity contribution >= 4 is 11.0 Å². The average molecular weight is 236 g/mol. The summed E-state index contributed by atoms with van der Waals surface area (Å²) in [7, 11) is 0. The van der Waals surface area contributed by atoms with Crippen molar-refractivity contribution in [1.29, 1.82) is 0 Å². The van der Waals surface area contributed by atoms with E-state index in [1.807, 2.05) is 37.3 Å². The van der Waals surface area contributed by atoms with Crippen molar-refractivity contribution < 1.29 is 0 Å². The van der Waals surface area contributed by atoms with E-state index in [4.69, 9.17) is 0 Å². The molecule has 0 bridgehead atoms. The van der Waals surface area contributed by atoms with E-state index >= 15 is 0 Å². The smallest absolute Gasteiger partial charge is 0.194 e. The van der Waals surface area contributed by atoms with Gasteiger partial charge in [0.1, 0.15) is 5.65 Å². The van der Waals surface area contributed by atoms with Crippen LogP contribution in [0.1, 0.15) is 5.56 Å². The van der Waals surface area contributed by atoms with Gasteiger partial charge >= 0.3 is 0 Å². The van der Waals surface area contributed by atoms with Gasteiger partial charge in [0, 0.05) is 11.8 Å². The van der Waals surface area contributed by atoms with E-state index in [0.717, 1.165) is 16.8 Å². The zero-order chi connectivity index (χ0) is 12.5. The van der Waals surface area contributed by atoms with Gasteiger partial charge < -0.3 is 4.98 Å². The molecule has 2 aromatic heterocycles. The summed E-state index contributed by atoms with van der Waals surface area (Å²) >= 11 is 0. The van der Waals surface area contributed by atoms with Crippen LogP contribution >= 0.6 is 0 Å². The summed E-state index contributed by atoms with van der Waals surface area (Å²) in [4.78, 5) is 19.7. The van der Waals surface area contributed by atoms with Crippen molar-refractivity contribution in [3.63, 3.8) is 0 Å². The van der Waals surface area contributed by atoms with Crippen LogP contribution in [0.15, 0.2) is 53.5 Å². The number of aromatic amines is 1. The van der Waals surface area contributed by atoms with Crippen LogP contribution in [0.5, 0.6) is 0 Å². The second-order valence-corrected chi connectivity index (χ2v) is 4.22. The molecule has 2 heterocycles. The number of hydrogen-bond acceptors (Lipinski definition) is 2. The second kappa shape index (κ2) is 4.11. The minimum absolute atomic E-state index is 0.0377. The van der Waals surface area contributed by atoms with Crippen LogP contribution in [0.25, 0.3) is 22.3 Å². The molecule has 0 fully saturated rings. The zero-order valence-corrected chi connectivity index (χ0v) is 9.97. The molecule has 1 aromatic carbocycles. The van der Waals surface area contributed by atoms with E-state index < -0.39 is 0 Å². The average Bonchev–Trinajstić information content (AvgIpc) is 2.44. The molecule has 0 amide bonds. The maximum absolute atomic E-state index is 12.3. The molecule has 88 valence electrons. The fourth-order valence-electron chi connectivity index (χ4n) is 2.11. The normalized spacial score (nSPS) is 10.7. The van der Waals surface area contributed by atoms with Crippen LogP contribution in [-0.2, 0) is 0 Å². The third kappa shape index (κ3) is 1.61. The van der Waals surface area contributed by atoms with Gasteiger partial charge in [-0.05, 0) is 24.6 Å². The summed E-state index contributed by atoms with van der Waals surface area (Å²) in [5.74, 6) is 0. The van der Waals surface area contributed by atoms with Crippen LogP contribution < -0.4 is 5.43 Å². The summed E-state index contributed by atoms with van der Waals surface area (Å²) in [6, 6.07) is 13.4. The van der Waals surface area contributed by atoms with E-state index in [2.05, 4.69) is 9.97 Å². The number of nitrogens with zero attached hydrogens (tertiary/aromatic N) is 1. The highest BCUT2D eigenvalue weighted by Crippen LogP contribution is 2.20. The zero-order valence-electron chi connectivity index (χ0n) is 9.97. The highest BCUT2D eigenvalue weighted by atomic mass is 16.1. The third-order valence-electron chi connectivity index (χ3n) is 3.07. The quantitative estimate of drug-likeness (QED) is 0.706. The van der Waals surface area contributed by atoms with Gasteiger partial charge in [-0.2, -0.15) is 0 Å². The van der Waals surface area contributed by atoms with Gasteiger partial charge in [0.05, 0.1) is 11.1 Å². The molecule has 0 saturated heterocycles. The van der Waals surface area contributed by atoms with Crippen molar-refractivity contribution in [3.05, 3.63) is 64.4 Å². The van der Waals surface area contributed by atoms with E-state index in [0.29, 0.717) is 11.0 Å². The topological polar surface area (TPSA) is 45.8 Å². The molecule has 3 rings (SSSR count). The summed E-state index contributed by atoms with van der Waals surface area (Å²) in [6.45, 7) is 1.84. The summed E-state index contributed by atoms with van der Waals surface area (Å²) in [5, 5.41) is 0.634. The largest absolute Gasteiger partial charge is 0.339 e. The summed E-state index contributed by atoms with van der Waals surface area (Å²) in [6.07, 6.45) is 1.68. The SMILES string of the molecule is Cc1c(-c2ccccc2)[nH]c2ncccc2c1=O. The number of aromatic nitrogens is 2. The van der Waals surface area contributed by atoms with Gasteiger partial charge in [0.2, 0.25) is 0 Å². The predicted molar refractivity (Wildman–Crippen MR) is 72.5 cm³/mol. The molecular weight excluding hydrogens is 224 g/mol. The first-order chi connectivity index (χ1) is 8.77. The first kappa shape index (κ1) is 10.7. The van der Waals surface area contributed by atoms with E-state index in [1.54, 1.807) is 18.3 Å². The van der Waals surface area contributed by atoms with Crippen LogP contribution in [0.4, 0.5) is 0 Å². The maximum Gasteiger partial charge on any atom is 0.194 e. The lowest BCUT2D eigenvalue weighted by Gasteiger charge is -2.07. The summed E-state index contributed by atoms with van der Waals surface area (Å²) in [5.41, 5.74) is 3.23. The number of pyridine rings is 2. The number of H-pyrrole nitrogens is 1. The molecule has 3 heteroatoms. The Balaban J connectivity index is 2.38. The molecule has 0 radical (unpaired) electrons. The van der Waals surface area contributed by atoms with Crippen LogP contribution in [0.2, 0.25) is 0 Å². The Morgan fingerprint density at radius 1 is 1.06 bits per heavy atom. The molecule has 0 spiro atoms. The van der Waals surface area contributed by atoms with Crippen LogP contribution in [-0.4, -0.2) is 9.97 Å². The van der Waals surface area contributed by atoms with Crippen LogP contribution in [0, 0.1) is 6.92 Å². The molecule has 1 N–H and O–H groups in total. The lowest BCUT2D eigenvalue weighted by Crippen LogP contribution is -2.10. The van der Waals surface area contributed by atoms with Gasteiger partial charge in [0.25, 0.3) is 0 Å². The minimum atomic E-state index is 0.0377. The molecule has 0 atom stereocenters. The molecule has 0 saturated carbocycles. The molecule has 3 aromatic rings. The highest BCUT2D eigenvalue weighted by Gasteiger charge is 2.09. The van der Waals surface area contributed by atoms with Crippen molar-refractivity contribution in [2.24, 2.45) is 0 Å². The molecular formula is C15H12N2O. The Kier molecular flexibility index (Phi) is 2.45. The highest BCUT2D eigenvalue weighted by molar-refractivity contribution is 5.79. The first-order valence-electron chi connectivity index (χ1n) is 5.80. The van der Waals surface area contributed by atoms with Crippen molar-refractivity contribution in [2.75, 3.05) is 0 Å². The Bertz CT molecular complexity index is 760. The van der Waals surface area contributed by atoms with Gasteiger partial charge in [-0.15, -0.1) is 0 Å². The van der Waals surface area contributed by atoms with Gasteiger partial charge in [-0.25, -0.2) is 4.98 Å². The molecule has 18 heavy (non-hydrogen) atoms. The van der Waals surface area contributed by atoms with Gasteiger partial charge in [-0.3, -0.25) is 4.79 Å². The van der Waals surface area contributed by atoms with Crippen LogP contribution in [0.3, 0.4) is 0 Å². The van der Waals surface area contributed by atoms with Crippen molar-refractivity contribution in [2.45, 2.75) is 6.92 Å². The molecule has 0 aliphatic rings. The Labute approximate surface area is 104 Å². The first-order valence-corrected chi connectivity index (χ1v) is 5.80. The number of benzene rings is 1. The Hall–Kier alpha value is -2.42. The van der Waals surface area contributed by atoms with Gasteiger partial charge in [-0.1, -0.05) is 30.3 Å². The lowest BCUT2D eigenvalue weighted by atomic mass is 10.1. The number of hydrogen-bond donors (Lipinski definition) is 1. The number of nitrogens with one attached hydrogen (secondary N) is 1. The van der Waals surface area contributed by atoms with Crippen molar-refractivity contribution in [1.82, 2.24) is 9.97 Å². The molecule has 3 nitrogen and oxygen atoms in total. The maximum atomic E-state index is 12.3. The molecule has 0 aliphatic heterocycles. The van der Waals surface area contributed by atoms with E-state index in [1.165, 1.54) is 0 Å². The fraction of sp³-hybridized carbons (Fsp3) is 0.0667. The Morgan fingerprint density at radius 3 is 2.61 bits per heavy atom. The molecule has 0 unspecified atom stereocenters. The lowest BCUT2D eigenvalue weighted by molar-refractivity contribution is 1.24. The molecule has 0 aliphatic carbocycles. The Morgan fingerprint density at radius 2 is 1.83 bits per heavy atom. The number of rotatable bonds is 1. The predicted octanol–water partition coefficient (Wildman–Crippen LogP) is 2.90. The minimum Gasteiger partial charge on any atom is -0.339 e.